The molecule has 0 spiro atoms. The molecule has 1 unspecified atom stereocenters. The zero-order chi connectivity index (χ0) is 18.5. The van der Waals surface area contributed by atoms with Crippen LogP contribution < -0.4 is 19.5 Å². The van der Waals surface area contributed by atoms with E-state index in [1.165, 1.54) is 0 Å². The maximum atomic E-state index is 12.7. The van der Waals surface area contributed by atoms with Crippen molar-refractivity contribution < 1.29 is 19.0 Å². The third-order valence-electron chi connectivity index (χ3n) is 4.17. The van der Waals surface area contributed by atoms with Crippen molar-refractivity contribution in [2.45, 2.75) is 13.0 Å². The van der Waals surface area contributed by atoms with Crippen molar-refractivity contribution in [2.24, 2.45) is 0 Å². The first-order chi connectivity index (χ1) is 12.5. The third-order valence-corrected chi connectivity index (χ3v) is 4.17. The van der Waals surface area contributed by atoms with Crippen LogP contribution in [-0.4, -0.2) is 44.8 Å². The first kappa shape index (κ1) is 18.1. The molecule has 0 radical (unpaired) electrons. The van der Waals surface area contributed by atoms with Crippen molar-refractivity contribution in [3.05, 3.63) is 53.6 Å². The lowest BCUT2D eigenvalue weighted by Crippen LogP contribution is -2.27. The van der Waals surface area contributed by atoms with Crippen LogP contribution in [0, 0.1) is 0 Å². The normalized spacial score (nSPS) is 13.5. The predicted molar refractivity (Wildman–Crippen MR) is 98.9 cm³/mol. The molecule has 0 saturated heterocycles. The summed E-state index contributed by atoms with van der Waals surface area (Å²) in [5, 5.41) is 3.02. The Balaban J connectivity index is 1.67. The van der Waals surface area contributed by atoms with Gasteiger partial charge in [0, 0.05) is 6.54 Å². The molecule has 0 bridgehead atoms. The fourth-order valence-electron chi connectivity index (χ4n) is 2.66. The van der Waals surface area contributed by atoms with Gasteiger partial charge in [0.25, 0.3) is 5.91 Å². The number of likely N-dealkylation sites (N-methyl/N-ethyl adjacent to an activating group) is 1. The van der Waals surface area contributed by atoms with Crippen molar-refractivity contribution in [1.82, 2.24) is 10.2 Å². The van der Waals surface area contributed by atoms with E-state index in [-0.39, 0.29) is 18.7 Å². The minimum atomic E-state index is -0.174. The molecule has 6 heteroatoms. The molecular formula is C20H24N2O4. The number of nitrogens with one attached hydrogen (secondary N) is 1. The Kier molecular flexibility index (Phi) is 5.63. The summed E-state index contributed by atoms with van der Waals surface area (Å²) in [5.74, 6) is 1.85. The van der Waals surface area contributed by atoms with Gasteiger partial charge >= 0.3 is 0 Å². The van der Waals surface area contributed by atoms with Gasteiger partial charge in [-0.15, -0.1) is 0 Å². The zero-order valence-electron chi connectivity index (χ0n) is 15.3. The molecule has 1 aliphatic heterocycles. The van der Waals surface area contributed by atoms with Crippen LogP contribution in [0.4, 0.5) is 0 Å². The molecule has 6 nitrogen and oxygen atoms in total. The van der Waals surface area contributed by atoms with Crippen LogP contribution in [0.25, 0.3) is 0 Å². The number of hydrogen-bond acceptors (Lipinski definition) is 5. The van der Waals surface area contributed by atoms with Gasteiger partial charge in [0.15, 0.2) is 11.5 Å². The molecule has 0 aromatic heterocycles. The second kappa shape index (κ2) is 8.10. The predicted octanol–water partition coefficient (Wildman–Crippen LogP) is 2.85. The highest BCUT2D eigenvalue weighted by atomic mass is 16.7. The topological polar surface area (TPSA) is 60.0 Å². The van der Waals surface area contributed by atoms with Gasteiger partial charge in [-0.2, -0.15) is 0 Å². The van der Waals surface area contributed by atoms with Crippen LogP contribution in [0.2, 0.25) is 0 Å². The van der Waals surface area contributed by atoms with Crippen LogP contribution in [0.3, 0.4) is 0 Å². The molecule has 1 atom stereocenters. The van der Waals surface area contributed by atoms with Gasteiger partial charge in [-0.3, -0.25) is 4.79 Å². The van der Waals surface area contributed by atoms with Crippen LogP contribution in [-0.2, 0) is 0 Å². The fourth-order valence-corrected chi connectivity index (χ4v) is 2.66. The minimum Gasteiger partial charge on any atom is -0.491 e. The summed E-state index contributed by atoms with van der Waals surface area (Å²) in [6.07, 6.45) is 0. The summed E-state index contributed by atoms with van der Waals surface area (Å²) in [6, 6.07) is 12.8. The summed E-state index contributed by atoms with van der Waals surface area (Å²) < 4.78 is 16.5. The maximum Gasteiger partial charge on any atom is 0.255 e. The lowest BCUT2D eigenvalue weighted by atomic mass is 10.1. The van der Waals surface area contributed by atoms with Crippen molar-refractivity contribution in [2.75, 3.05) is 34.0 Å². The number of para-hydroxylation sites is 1. The Labute approximate surface area is 153 Å². The number of carbonyl (C=O) groups is 1. The van der Waals surface area contributed by atoms with Crippen molar-refractivity contribution in [3.63, 3.8) is 0 Å². The quantitative estimate of drug-likeness (QED) is 0.827. The second-order valence-electron chi connectivity index (χ2n) is 6.46. The van der Waals surface area contributed by atoms with Gasteiger partial charge < -0.3 is 24.4 Å². The molecule has 1 aliphatic rings. The summed E-state index contributed by atoms with van der Waals surface area (Å²) in [6.45, 7) is 3.47. The molecule has 1 N–H and O–H groups in total. The first-order valence-corrected chi connectivity index (χ1v) is 8.61. The van der Waals surface area contributed by atoms with Gasteiger partial charge in [0.05, 0.1) is 11.6 Å². The molecular weight excluding hydrogens is 332 g/mol. The zero-order valence-corrected chi connectivity index (χ0v) is 15.3. The van der Waals surface area contributed by atoms with Gasteiger partial charge in [0.2, 0.25) is 6.79 Å². The molecule has 1 amide bonds. The van der Waals surface area contributed by atoms with E-state index in [0.29, 0.717) is 23.7 Å². The van der Waals surface area contributed by atoms with Crippen LogP contribution >= 0.6 is 0 Å². The highest BCUT2D eigenvalue weighted by molar-refractivity contribution is 5.97. The monoisotopic (exact) mass is 356 g/mol. The Morgan fingerprint density at radius 3 is 2.77 bits per heavy atom. The molecule has 0 aliphatic carbocycles. The Bertz CT molecular complexity index is 776. The van der Waals surface area contributed by atoms with Crippen molar-refractivity contribution in [1.29, 1.82) is 0 Å². The van der Waals surface area contributed by atoms with Gasteiger partial charge in [-0.1, -0.05) is 18.2 Å². The molecule has 0 saturated carbocycles. The van der Waals surface area contributed by atoms with Gasteiger partial charge in [-0.05, 0) is 50.8 Å². The fraction of sp³-hybridized carbons (Fsp3) is 0.350. The Morgan fingerprint density at radius 2 is 1.96 bits per heavy atom. The lowest BCUT2D eigenvalue weighted by Gasteiger charge is -2.17. The van der Waals surface area contributed by atoms with E-state index in [0.717, 1.165) is 17.9 Å². The van der Waals surface area contributed by atoms with Crippen molar-refractivity contribution >= 4 is 5.91 Å². The second-order valence-corrected chi connectivity index (χ2v) is 6.46. The van der Waals surface area contributed by atoms with E-state index < -0.39 is 0 Å². The summed E-state index contributed by atoms with van der Waals surface area (Å²) in [4.78, 5) is 14.8. The number of rotatable bonds is 7. The number of fused-ring (bicyclic) bond motifs is 1. The number of amides is 1. The van der Waals surface area contributed by atoms with E-state index in [1.807, 2.05) is 62.3 Å². The standard InChI is InChI=1S/C20H24N2O4/c1-14(15-8-9-18-19(12-15)26-13-25-18)21-20(23)16-6-4-5-7-17(16)24-11-10-22(2)3/h4-9,12,14H,10-11,13H2,1-3H3,(H,21,23). The Hall–Kier alpha value is -2.73. The molecule has 3 rings (SSSR count). The highest BCUT2D eigenvalue weighted by Crippen LogP contribution is 2.34. The Morgan fingerprint density at radius 1 is 1.19 bits per heavy atom. The third kappa shape index (κ3) is 4.26. The van der Waals surface area contributed by atoms with E-state index >= 15 is 0 Å². The number of ether oxygens (including phenoxy) is 3. The average molecular weight is 356 g/mol. The van der Waals surface area contributed by atoms with E-state index in [2.05, 4.69) is 5.32 Å². The minimum absolute atomic E-state index is 0.171. The molecule has 1 heterocycles. The molecule has 2 aromatic rings. The SMILES string of the molecule is CC(NC(=O)c1ccccc1OCCN(C)C)c1ccc2c(c1)OCO2. The van der Waals surface area contributed by atoms with Gasteiger partial charge in [0.1, 0.15) is 12.4 Å². The largest absolute Gasteiger partial charge is 0.491 e. The molecule has 138 valence electrons. The average Bonchev–Trinajstić information content (AvgIpc) is 3.09. The van der Waals surface area contributed by atoms with Crippen molar-refractivity contribution in [3.8, 4) is 17.2 Å². The number of nitrogens with zero attached hydrogens (tertiary/aromatic N) is 1. The van der Waals surface area contributed by atoms with E-state index in [9.17, 15) is 4.79 Å². The van der Waals surface area contributed by atoms with Crippen LogP contribution in [0.15, 0.2) is 42.5 Å². The van der Waals surface area contributed by atoms with Crippen LogP contribution in [0.1, 0.15) is 28.9 Å². The van der Waals surface area contributed by atoms with Crippen LogP contribution in [0.5, 0.6) is 17.2 Å². The number of benzene rings is 2. The smallest absolute Gasteiger partial charge is 0.255 e. The number of hydrogen-bond donors (Lipinski definition) is 1. The highest BCUT2D eigenvalue weighted by Gasteiger charge is 2.19. The molecule has 2 aromatic carbocycles. The molecule has 26 heavy (non-hydrogen) atoms. The van der Waals surface area contributed by atoms with E-state index in [1.54, 1.807) is 6.07 Å². The lowest BCUT2D eigenvalue weighted by molar-refractivity contribution is 0.0935. The van der Waals surface area contributed by atoms with E-state index in [4.69, 9.17) is 14.2 Å². The summed E-state index contributed by atoms with van der Waals surface area (Å²) in [7, 11) is 3.96. The van der Waals surface area contributed by atoms with Gasteiger partial charge in [-0.25, -0.2) is 0 Å². The summed E-state index contributed by atoms with van der Waals surface area (Å²) >= 11 is 0. The first-order valence-electron chi connectivity index (χ1n) is 8.61. The maximum absolute atomic E-state index is 12.7. The molecule has 0 fully saturated rings. The summed E-state index contributed by atoms with van der Waals surface area (Å²) in [5.41, 5.74) is 1.48. The number of carbonyl (C=O) groups excluding carboxylic acids is 1.